The maximum Gasteiger partial charge on any atom is 0.238 e. The van der Waals surface area contributed by atoms with E-state index in [-0.39, 0.29) is 5.91 Å². The maximum atomic E-state index is 12.3. The zero-order valence-electron chi connectivity index (χ0n) is 12.2. The average Bonchev–Trinajstić information content (AvgIpc) is 3.18. The first-order valence-corrected chi connectivity index (χ1v) is 8.22. The second kappa shape index (κ2) is 6.73. The van der Waals surface area contributed by atoms with Gasteiger partial charge in [-0.25, -0.2) is 0 Å². The second-order valence-corrected chi connectivity index (χ2v) is 6.36. The molecule has 1 fully saturated rings. The van der Waals surface area contributed by atoms with E-state index < -0.39 is 0 Å². The monoisotopic (exact) mass is 311 g/mol. The van der Waals surface area contributed by atoms with Gasteiger partial charge in [0.25, 0.3) is 0 Å². The van der Waals surface area contributed by atoms with Gasteiger partial charge >= 0.3 is 0 Å². The number of hydrogen-bond donors (Lipinski definition) is 1. The number of rotatable bonds is 4. The fraction of sp³-hybridized carbons (Fsp3) is 0.294. The predicted molar refractivity (Wildman–Crippen MR) is 87.7 cm³/mol. The highest BCUT2D eigenvalue weighted by molar-refractivity contribution is 7.10. The third kappa shape index (κ3) is 3.35. The Kier molecular flexibility index (Phi) is 4.52. The topological polar surface area (TPSA) is 56.1 Å². The number of carbonyl (C=O) groups is 1. The van der Waals surface area contributed by atoms with Crippen LogP contribution < -0.4 is 5.32 Å². The van der Waals surface area contributed by atoms with Crippen molar-refractivity contribution in [2.75, 3.05) is 18.4 Å². The van der Waals surface area contributed by atoms with Gasteiger partial charge in [0.05, 0.1) is 18.2 Å². The van der Waals surface area contributed by atoms with Crippen molar-refractivity contribution in [3.05, 3.63) is 52.2 Å². The van der Waals surface area contributed by atoms with Crippen LogP contribution in [0.3, 0.4) is 0 Å². The van der Waals surface area contributed by atoms with Gasteiger partial charge < -0.3 is 5.32 Å². The number of anilines is 1. The van der Waals surface area contributed by atoms with E-state index in [2.05, 4.69) is 33.8 Å². The highest BCUT2D eigenvalue weighted by atomic mass is 32.1. The zero-order chi connectivity index (χ0) is 15.4. The zero-order valence-corrected chi connectivity index (χ0v) is 13.0. The second-order valence-electron chi connectivity index (χ2n) is 5.38. The van der Waals surface area contributed by atoms with Crippen LogP contribution in [0.4, 0.5) is 5.69 Å². The Hall–Kier alpha value is -2.16. The van der Waals surface area contributed by atoms with Crippen molar-refractivity contribution in [3.63, 3.8) is 0 Å². The van der Waals surface area contributed by atoms with Crippen LogP contribution in [0.2, 0.25) is 0 Å². The van der Waals surface area contributed by atoms with Gasteiger partial charge in [-0.1, -0.05) is 12.1 Å². The first-order chi connectivity index (χ1) is 10.8. The molecule has 1 aromatic heterocycles. The highest BCUT2D eigenvalue weighted by Crippen LogP contribution is 2.34. The summed E-state index contributed by atoms with van der Waals surface area (Å²) in [5.41, 5.74) is 1.23. The first-order valence-electron chi connectivity index (χ1n) is 7.34. The Balaban J connectivity index is 1.62. The van der Waals surface area contributed by atoms with E-state index in [0.29, 0.717) is 23.8 Å². The molecule has 0 spiro atoms. The van der Waals surface area contributed by atoms with Crippen LogP contribution in [0.25, 0.3) is 0 Å². The van der Waals surface area contributed by atoms with Gasteiger partial charge in [-0.3, -0.25) is 9.69 Å². The number of hydrogen-bond acceptors (Lipinski definition) is 4. The number of nitriles is 1. The molecule has 5 heteroatoms. The van der Waals surface area contributed by atoms with E-state index in [4.69, 9.17) is 5.26 Å². The molecule has 3 rings (SSSR count). The van der Waals surface area contributed by atoms with Crippen LogP contribution >= 0.6 is 11.3 Å². The molecule has 0 aliphatic carbocycles. The van der Waals surface area contributed by atoms with Crippen molar-refractivity contribution >= 4 is 22.9 Å². The lowest BCUT2D eigenvalue weighted by Gasteiger charge is -2.22. The molecule has 1 saturated heterocycles. The summed E-state index contributed by atoms with van der Waals surface area (Å²) in [7, 11) is 0. The molecule has 1 aliphatic rings. The van der Waals surface area contributed by atoms with E-state index in [1.54, 1.807) is 35.6 Å². The summed E-state index contributed by atoms with van der Waals surface area (Å²) >= 11 is 1.75. The van der Waals surface area contributed by atoms with Gasteiger partial charge in [0, 0.05) is 16.6 Å². The molecule has 0 bridgehead atoms. The largest absolute Gasteiger partial charge is 0.325 e. The Morgan fingerprint density at radius 1 is 1.41 bits per heavy atom. The molecule has 1 aromatic carbocycles. The molecule has 1 aliphatic heterocycles. The van der Waals surface area contributed by atoms with Crippen molar-refractivity contribution in [1.29, 1.82) is 5.26 Å². The molecule has 2 heterocycles. The molecule has 0 radical (unpaired) electrons. The number of carbonyl (C=O) groups excluding carboxylic acids is 1. The smallest absolute Gasteiger partial charge is 0.238 e. The molecule has 22 heavy (non-hydrogen) atoms. The first kappa shape index (κ1) is 14.8. The van der Waals surface area contributed by atoms with Crippen molar-refractivity contribution in [2.24, 2.45) is 0 Å². The Morgan fingerprint density at radius 3 is 3.09 bits per heavy atom. The summed E-state index contributed by atoms with van der Waals surface area (Å²) in [5.74, 6) is -0.0291. The van der Waals surface area contributed by atoms with Crippen molar-refractivity contribution in [1.82, 2.24) is 4.90 Å². The number of amides is 1. The van der Waals surface area contributed by atoms with Gasteiger partial charge in [-0.05, 0) is 49.0 Å². The number of likely N-dealkylation sites (tertiary alicyclic amines) is 1. The molecule has 2 aromatic rings. The van der Waals surface area contributed by atoms with Crippen molar-refractivity contribution < 1.29 is 4.79 Å². The normalized spacial score (nSPS) is 18.0. The summed E-state index contributed by atoms with van der Waals surface area (Å²) in [6.07, 6.45) is 2.23. The van der Waals surface area contributed by atoms with Crippen LogP contribution in [0.5, 0.6) is 0 Å². The number of thiophene rings is 1. The maximum absolute atomic E-state index is 12.3. The fourth-order valence-electron chi connectivity index (χ4n) is 2.87. The summed E-state index contributed by atoms with van der Waals surface area (Å²) < 4.78 is 0. The van der Waals surface area contributed by atoms with E-state index in [9.17, 15) is 4.79 Å². The molecule has 112 valence electrons. The summed E-state index contributed by atoms with van der Waals surface area (Å²) in [5, 5.41) is 13.9. The molecular formula is C17H17N3OS. The molecular weight excluding hydrogens is 294 g/mol. The predicted octanol–water partition coefficient (Wildman–Crippen LogP) is 3.40. The highest BCUT2D eigenvalue weighted by Gasteiger charge is 2.28. The average molecular weight is 311 g/mol. The van der Waals surface area contributed by atoms with Gasteiger partial charge in [0.15, 0.2) is 0 Å². The minimum absolute atomic E-state index is 0.0291. The minimum atomic E-state index is -0.0291. The third-order valence-corrected chi connectivity index (χ3v) is 4.83. The Labute approximate surface area is 134 Å². The van der Waals surface area contributed by atoms with E-state index >= 15 is 0 Å². The molecule has 1 amide bonds. The fourth-order valence-corrected chi connectivity index (χ4v) is 3.77. The number of benzene rings is 1. The van der Waals surface area contributed by atoms with Gasteiger partial charge in [0.1, 0.15) is 0 Å². The molecule has 0 saturated carbocycles. The number of nitrogens with zero attached hydrogens (tertiary/aromatic N) is 2. The molecule has 0 unspecified atom stereocenters. The van der Waals surface area contributed by atoms with Crippen LogP contribution in [0, 0.1) is 11.3 Å². The summed E-state index contributed by atoms with van der Waals surface area (Å²) in [6.45, 7) is 1.34. The van der Waals surface area contributed by atoms with Gasteiger partial charge in [-0.2, -0.15) is 5.26 Å². The van der Waals surface area contributed by atoms with E-state index in [0.717, 1.165) is 19.4 Å². The third-order valence-electron chi connectivity index (χ3n) is 3.86. The van der Waals surface area contributed by atoms with E-state index in [1.165, 1.54) is 4.88 Å². The van der Waals surface area contributed by atoms with Crippen LogP contribution in [0.15, 0.2) is 41.8 Å². The lowest BCUT2D eigenvalue weighted by Crippen LogP contribution is -2.32. The minimum Gasteiger partial charge on any atom is -0.325 e. The van der Waals surface area contributed by atoms with E-state index in [1.807, 2.05) is 0 Å². The summed E-state index contributed by atoms with van der Waals surface area (Å²) in [4.78, 5) is 15.8. The van der Waals surface area contributed by atoms with Crippen molar-refractivity contribution in [2.45, 2.75) is 18.9 Å². The SMILES string of the molecule is N#Cc1cccc(NC(=O)CN2CCC[C@H]2c2cccs2)c1. The Morgan fingerprint density at radius 2 is 2.32 bits per heavy atom. The quantitative estimate of drug-likeness (QED) is 0.941. The van der Waals surface area contributed by atoms with Gasteiger partial charge in [0.2, 0.25) is 5.91 Å². The standard InChI is InChI=1S/C17H17N3OS/c18-11-13-4-1-5-14(10-13)19-17(21)12-20-8-2-6-15(20)16-7-3-9-22-16/h1,3-5,7,9-10,15H,2,6,8,12H2,(H,19,21)/t15-/m0/s1. The lowest BCUT2D eigenvalue weighted by atomic mass is 10.2. The van der Waals surface area contributed by atoms with Gasteiger partial charge in [-0.15, -0.1) is 11.3 Å². The van der Waals surface area contributed by atoms with Crippen LogP contribution in [-0.4, -0.2) is 23.9 Å². The summed E-state index contributed by atoms with van der Waals surface area (Å²) in [6, 6.07) is 13.6. The van der Waals surface area contributed by atoms with Crippen molar-refractivity contribution in [3.8, 4) is 6.07 Å². The molecule has 1 N–H and O–H groups in total. The molecule has 1 atom stereocenters. The Bertz CT molecular complexity index is 690. The molecule has 4 nitrogen and oxygen atoms in total. The number of nitrogens with one attached hydrogen (secondary N) is 1. The lowest BCUT2D eigenvalue weighted by molar-refractivity contribution is -0.117. The van der Waals surface area contributed by atoms with Crippen LogP contribution in [0.1, 0.15) is 29.3 Å². The van der Waals surface area contributed by atoms with Crippen LogP contribution in [-0.2, 0) is 4.79 Å².